The molecular formula is C19H17N3O3. The standard InChI is InChI=1S/C19H17N3O3/c1-2-25-19(24)15-16(18(20)23)21-22(14-11-7-4-8-12-14)17(15)13-9-5-3-6-10-13/h3-12H,2H2,1H3,(H2,20,23). The Morgan fingerprint density at radius 1 is 1.04 bits per heavy atom. The number of benzene rings is 2. The predicted molar refractivity (Wildman–Crippen MR) is 93.5 cm³/mol. The van der Waals surface area contributed by atoms with Gasteiger partial charge in [0.2, 0.25) is 0 Å². The van der Waals surface area contributed by atoms with Crippen molar-refractivity contribution in [3.8, 4) is 16.9 Å². The second-order valence-corrected chi connectivity index (χ2v) is 5.27. The number of hydrogen-bond donors (Lipinski definition) is 1. The molecule has 0 saturated carbocycles. The highest BCUT2D eigenvalue weighted by Gasteiger charge is 2.29. The van der Waals surface area contributed by atoms with Crippen LogP contribution in [0.4, 0.5) is 0 Å². The highest BCUT2D eigenvalue weighted by Crippen LogP contribution is 2.29. The minimum Gasteiger partial charge on any atom is -0.462 e. The Morgan fingerprint density at radius 2 is 1.64 bits per heavy atom. The van der Waals surface area contributed by atoms with E-state index < -0.39 is 11.9 Å². The van der Waals surface area contributed by atoms with E-state index >= 15 is 0 Å². The van der Waals surface area contributed by atoms with Gasteiger partial charge < -0.3 is 10.5 Å². The number of primary amides is 1. The van der Waals surface area contributed by atoms with Crippen molar-refractivity contribution < 1.29 is 14.3 Å². The van der Waals surface area contributed by atoms with E-state index in [0.717, 1.165) is 5.56 Å². The van der Waals surface area contributed by atoms with Gasteiger partial charge in [-0.15, -0.1) is 0 Å². The van der Waals surface area contributed by atoms with E-state index in [4.69, 9.17) is 10.5 Å². The Bertz CT molecular complexity index is 902. The van der Waals surface area contributed by atoms with Crippen LogP contribution in [0.1, 0.15) is 27.8 Å². The number of carbonyl (C=O) groups is 2. The summed E-state index contributed by atoms with van der Waals surface area (Å²) in [6, 6.07) is 18.5. The summed E-state index contributed by atoms with van der Waals surface area (Å²) in [5.41, 5.74) is 7.34. The SMILES string of the molecule is CCOC(=O)c1c(C(N)=O)nn(-c2ccccc2)c1-c1ccccc1. The van der Waals surface area contributed by atoms with E-state index in [1.54, 1.807) is 11.6 Å². The maximum atomic E-state index is 12.5. The number of para-hydroxylation sites is 1. The second-order valence-electron chi connectivity index (χ2n) is 5.27. The maximum Gasteiger partial charge on any atom is 0.342 e. The van der Waals surface area contributed by atoms with E-state index in [9.17, 15) is 9.59 Å². The number of nitrogens with zero attached hydrogens (tertiary/aromatic N) is 2. The molecule has 1 heterocycles. The van der Waals surface area contributed by atoms with Crippen LogP contribution >= 0.6 is 0 Å². The van der Waals surface area contributed by atoms with Crippen molar-refractivity contribution in [2.45, 2.75) is 6.92 Å². The lowest BCUT2D eigenvalue weighted by atomic mass is 10.0. The highest BCUT2D eigenvalue weighted by atomic mass is 16.5. The summed E-state index contributed by atoms with van der Waals surface area (Å²) in [4.78, 5) is 24.4. The number of amides is 1. The number of carbonyl (C=O) groups excluding carboxylic acids is 2. The molecule has 1 amide bonds. The van der Waals surface area contributed by atoms with Gasteiger partial charge in [0.25, 0.3) is 5.91 Å². The number of aromatic nitrogens is 2. The zero-order chi connectivity index (χ0) is 17.8. The van der Waals surface area contributed by atoms with Crippen LogP contribution in [-0.4, -0.2) is 28.3 Å². The molecule has 6 heteroatoms. The summed E-state index contributed by atoms with van der Waals surface area (Å²) < 4.78 is 6.67. The molecule has 126 valence electrons. The molecule has 6 nitrogen and oxygen atoms in total. The van der Waals surface area contributed by atoms with Crippen molar-refractivity contribution in [1.82, 2.24) is 9.78 Å². The third-order valence-electron chi connectivity index (χ3n) is 3.65. The highest BCUT2D eigenvalue weighted by molar-refractivity contribution is 6.07. The molecule has 0 bridgehead atoms. The van der Waals surface area contributed by atoms with Crippen LogP contribution in [0.2, 0.25) is 0 Å². The molecule has 3 rings (SSSR count). The quantitative estimate of drug-likeness (QED) is 0.726. The molecule has 0 unspecified atom stereocenters. The zero-order valence-corrected chi connectivity index (χ0v) is 13.7. The van der Waals surface area contributed by atoms with Gasteiger partial charge in [0.1, 0.15) is 5.56 Å². The molecule has 25 heavy (non-hydrogen) atoms. The Morgan fingerprint density at radius 3 is 2.20 bits per heavy atom. The van der Waals surface area contributed by atoms with E-state index in [-0.39, 0.29) is 17.9 Å². The van der Waals surface area contributed by atoms with E-state index in [1.165, 1.54) is 0 Å². The Kier molecular flexibility index (Phi) is 4.61. The van der Waals surface area contributed by atoms with Crippen molar-refractivity contribution in [2.75, 3.05) is 6.61 Å². The van der Waals surface area contributed by atoms with Crippen LogP contribution in [0.15, 0.2) is 60.7 Å². The molecule has 0 radical (unpaired) electrons. The second kappa shape index (κ2) is 7.00. The first-order valence-corrected chi connectivity index (χ1v) is 7.84. The molecule has 1 aromatic heterocycles. The van der Waals surface area contributed by atoms with Crippen LogP contribution < -0.4 is 5.73 Å². The summed E-state index contributed by atoms with van der Waals surface area (Å²) in [5.74, 6) is -1.41. The molecule has 3 aromatic rings. The zero-order valence-electron chi connectivity index (χ0n) is 13.7. The summed E-state index contributed by atoms with van der Waals surface area (Å²) in [6.45, 7) is 1.88. The maximum absolute atomic E-state index is 12.5. The molecule has 0 aliphatic heterocycles. The van der Waals surface area contributed by atoms with Crippen molar-refractivity contribution in [2.24, 2.45) is 5.73 Å². The van der Waals surface area contributed by atoms with Gasteiger partial charge in [0.05, 0.1) is 18.0 Å². The first-order valence-electron chi connectivity index (χ1n) is 7.84. The van der Waals surface area contributed by atoms with Crippen LogP contribution in [0.25, 0.3) is 16.9 Å². The lowest BCUT2D eigenvalue weighted by molar-refractivity contribution is 0.0524. The lowest BCUT2D eigenvalue weighted by Gasteiger charge is -2.09. The summed E-state index contributed by atoms with van der Waals surface area (Å²) in [7, 11) is 0. The Balaban J connectivity index is 2.34. The van der Waals surface area contributed by atoms with Crippen molar-refractivity contribution in [3.05, 3.63) is 71.9 Å². The predicted octanol–water partition coefficient (Wildman–Crippen LogP) is 2.81. The molecule has 0 aliphatic carbocycles. The van der Waals surface area contributed by atoms with Crippen LogP contribution in [0, 0.1) is 0 Å². The fraction of sp³-hybridized carbons (Fsp3) is 0.105. The normalized spacial score (nSPS) is 10.4. The van der Waals surface area contributed by atoms with Crippen LogP contribution in [0.5, 0.6) is 0 Å². The third-order valence-corrected chi connectivity index (χ3v) is 3.65. The van der Waals surface area contributed by atoms with Gasteiger partial charge >= 0.3 is 5.97 Å². The number of ether oxygens (including phenoxy) is 1. The first-order chi connectivity index (χ1) is 12.1. The van der Waals surface area contributed by atoms with Gasteiger partial charge in [-0.1, -0.05) is 48.5 Å². The average Bonchev–Trinajstić information content (AvgIpc) is 3.04. The largest absolute Gasteiger partial charge is 0.462 e. The van der Waals surface area contributed by atoms with Crippen LogP contribution in [-0.2, 0) is 4.74 Å². The van der Waals surface area contributed by atoms with Gasteiger partial charge in [-0.3, -0.25) is 4.79 Å². The number of esters is 1. The fourth-order valence-electron chi connectivity index (χ4n) is 2.61. The van der Waals surface area contributed by atoms with Gasteiger partial charge in [-0.2, -0.15) is 5.10 Å². The van der Waals surface area contributed by atoms with Gasteiger partial charge in [0, 0.05) is 5.56 Å². The average molecular weight is 335 g/mol. The Hall–Kier alpha value is -3.41. The van der Waals surface area contributed by atoms with Crippen molar-refractivity contribution >= 4 is 11.9 Å². The molecule has 2 N–H and O–H groups in total. The number of nitrogens with two attached hydrogens (primary N) is 1. The van der Waals surface area contributed by atoms with E-state index in [0.29, 0.717) is 11.4 Å². The summed E-state index contributed by atoms with van der Waals surface area (Å²) in [5, 5.41) is 4.30. The number of hydrogen-bond acceptors (Lipinski definition) is 4. The monoisotopic (exact) mass is 335 g/mol. The van der Waals surface area contributed by atoms with Crippen LogP contribution in [0.3, 0.4) is 0 Å². The lowest BCUT2D eigenvalue weighted by Crippen LogP contribution is -2.17. The fourth-order valence-corrected chi connectivity index (χ4v) is 2.61. The van der Waals surface area contributed by atoms with E-state index in [1.807, 2.05) is 60.7 Å². The number of rotatable bonds is 5. The molecule has 0 aliphatic rings. The molecule has 0 atom stereocenters. The van der Waals surface area contributed by atoms with Gasteiger partial charge in [0.15, 0.2) is 5.69 Å². The van der Waals surface area contributed by atoms with Crippen molar-refractivity contribution in [3.63, 3.8) is 0 Å². The third kappa shape index (κ3) is 3.14. The summed E-state index contributed by atoms with van der Waals surface area (Å²) >= 11 is 0. The first kappa shape index (κ1) is 16.4. The van der Waals surface area contributed by atoms with Crippen molar-refractivity contribution in [1.29, 1.82) is 0 Å². The molecular weight excluding hydrogens is 318 g/mol. The minimum atomic E-state index is -0.782. The molecule has 0 fully saturated rings. The minimum absolute atomic E-state index is 0.0735. The molecule has 0 saturated heterocycles. The topological polar surface area (TPSA) is 87.2 Å². The Labute approximate surface area is 144 Å². The summed E-state index contributed by atoms with van der Waals surface area (Å²) in [6.07, 6.45) is 0. The molecule has 0 spiro atoms. The van der Waals surface area contributed by atoms with Gasteiger partial charge in [-0.05, 0) is 19.1 Å². The molecule has 2 aromatic carbocycles. The smallest absolute Gasteiger partial charge is 0.342 e. The van der Waals surface area contributed by atoms with Gasteiger partial charge in [-0.25, -0.2) is 9.48 Å². The van der Waals surface area contributed by atoms with E-state index in [2.05, 4.69) is 5.10 Å².